The summed E-state index contributed by atoms with van der Waals surface area (Å²) in [5.41, 5.74) is 1.55. The second-order valence-corrected chi connectivity index (χ2v) is 5.79. The molecule has 1 aromatic heterocycles. The Kier molecular flexibility index (Phi) is 5.35. The molecule has 22 heavy (non-hydrogen) atoms. The van der Waals surface area contributed by atoms with Crippen molar-refractivity contribution in [1.29, 1.82) is 0 Å². The number of anilines is 2. The van der Waals surface area contributed by atoms with Crippen LogP contribution >= 0.6 is 0 Å². The molecule has 0 saturated carbocycles. The summed E-state index contributed by atoms with van der Waals surface area (Å²) in [5, 5.41) is 5.67. The lowest BCUT2D eigenvalue weighted by Gasteiger charge is -2.30. The molecule has 1 fully saturated rings. The Morgan fingerprint density at radius 2 is 2.23 bits per heavy atom. The van der Waals surface area contributed by atoms with Gasteiger partial charge in [0.1, 0.15) is 5.82 Å². The van der Waals surface area contributed by atoms with E-state index < -0.39 is 11.8 Å². The topological polar surface area (TPSA) is 74.3 Å². The Hall–Kier alpha value is -2.11. The molecule has 2 heterocycles. The van der Waals surface area contributed by atoms with Gasteiger partial charge in [-0.25, -0.2) is 4.98 Å². The third-order valence-corrected chi connectivity index (χ3v) is 3.98. The molecule has 1 aliphatic heterocycles. The average Bonchev–Trinajstić information content (AvgIpc) is 2.53. The Labute approximate surface area is 131 Å². The van der Waals surface area contributed by atoms with Crippen molar-refractivity contribution in [2.75, 3.05) is 30.8 Å². The number of hydrogen-bond acceptors (Lipinski definition) is 4. The molecule has 6 heteroatoms. The van der Waals surface area contributed by atoms with E-state index in [-0.39, 0.29) is 0 Å². The fourth-order valence-electron chi connectivity index (χ4n) is 2.78. The van der Waals surface area contributed by atoms with Crippen LogP contribution in [0.5, 0.6) is 0 Å². The van der Waals surface area contributed by atoms with Gasteiger partial charge in [-0.2, -0.15) is 0 Å². The highest BCUT2D eigenvalue weighted by molar-refractivity contribution is 6.39. The fourth-order valence-corrected chi connectivity index (χ4v) is 2.78. The maximum atomic E-state index is 12.2. The van der Waals surface area contributed by atoms with Gasteiger partial charge in [-0.05, 0) is 36.8 Å². The summed E-state index contributed by atoms with van der Waals surface area (Å²) in [4.78, 5) is 30.2. The molecule has 0 bridgehead atoms. The highest BCUT2D eigenvalue weighted by Gasteiger charge is 2.26. The monoisotopic (exact) mass is 304 g/mol. The van der Waals surface area contributed by atoms with Crippen LogP contribution in [0.2, 0.25) is 0 Å². The first-order valence-corrected chi connectivity index (χ1v) is 7.82. The third kappa shape index (κ3) is 3.75. The summed E-state index contributed by atoms with van der Waals surface area (Å²) in [6.45, 7) is 5.44. The molecule has 1 aliphatic rings. The molecule has 1 saturated heterocycles. The molecule has 2 amide bonds. The van der Waals surface area contributed by atoms with E-state index in [2.05, 4.69) is 22.5 Å². The molecule has 0 aliphatic carbocycles. The molecule has 1 unspecified atom stereocenters. The van der Waals surface area contributed by atoms with E-state index in [9.17, 15) is 9.59 Å². The fraction of sp³-hybridized carbons (Fsp3) is 0.562. The number of aryl methyl sites for hydroxylation is 1. The van der Waals surface area contributed by atoms with Gasteiger partial charge in [-0.1, -0.05) is 13.8 Å². The van der Waals surface area contributed by atoms with E-state index >= 15 is 0 Å². The highest BCUT2D eigenvalue weighted by Crippen LogP contribution is 2.19. The number of hydrogen-bond donors (Lipinski definition) is 2. The van der Waals surface area contributed by atoms with Gasteiger partial charge in [0.15, 0.2) is 0 Å². The predicted molar refractivity (Wildman–Crippen MR) is 86.8 cm³/mol. The number of carbonyl (C=O) groups is 2. The summed E-state index contributed by atoms with van der Waals surface area (Å²) in [6.07, 6.45) is 4.43. The second kappa shape index (κ2) is 7.24. The third-order valence-electron chi connectivity index (χ3n) is 3.98. The summed E-state index contributed by atoms with van der Waals surface area (Å²) >= 11 is 0. The summed E-state index contributed by atoms with van der Waals surface area (Å²) in [7, 11) is 1.81. The van der Waals surface area contributed by atoms with Crippen molar-refractivity contribution in [2.24, 2.45) is 5.92 Å². The van der Waals surface area contributed by atoms with Gasteiger partial charge in [0.25, 0.3) is 0 Å². The van der Waals surface area contributed by atoms with Gasteiger partial charge in [-0.15, -0.1) is 0 Å². The average molecular weight is 304 g/mol. The van der Waals surface area contributed by atoms with Crippen LogP contribution in [0.25, 0.3) is 0 Å². The van der Waals surface area contributed by atoms with Crippen LogP contribution in [-0.2, 0) is 16.0 Å². The SMILES string of the molecule is CCc1cc(NC(=O)C(=O)N2CCCC(C)C2)cnc1NC. The minimum atomic E-state index is -0.588. The van der Waals surface area contributed by atoms with E-state index in [0.717, 1.165) is 30.6 Å². The number of aromatic nitrogens is 1. The van der Waals surface area contributed by atoms with Gasteiger partial charge in [0.2, 0.25) is 0 Å². The van der Waals surface area contributed by atoms with E-state index in [1.54, 1.807) is 18.1 Å². The lowest BCUT2D eigenvalue weighted by Crippen LogP contribution is -2.44. The molecule has 1 aromatic rings. The molecule has 120 valence electrons. The minimum Gasteiger partial charge on any atom is -0.373 e. The van der Waals surface area contributed by atoms with E-state index in [1.165, 1.54) is 0 Å². The standard InChI is InChI=1S/C16H24N4O2/c1-4-12-8-13(9-18-14(12)17-3)19-15(21)16(22)20-7-5-6-11(2)10-20/h8-9,11H,4-7,10H2,1-3H3,(H,17,18)(H,19,21). The second-order valence-electron chi connectivity index (χ2n) is 5.79. The zero-order valence-electron chi connectivity index (χ0n) is 13.5. The van der Waals surface area contributed by atoms with Crippen molar-refractivity contribution in [3.8, 4) is 0 Å². The van der Waals surface area contributed by atoms with Crippen molar-refractivity contribution < 1.29 is 9.59 Å². The van der Waals surface area contributed by atoms with Gasteiger partial charge in [0.05, 0.1) is 11.9 Å². The lowest BCUT2D eigenvalue weighted by atomic mass is 10.0. The first kappa shape index (κ1) is 16.3. The number of pyridine rings is 1. The Balaban J connectivity index is 2.03. The van der Waals surface area contributed by atoms with Crippen molar-refractivity contribution in [3.05, 3.63) is 17.8 Å². The van der Waals surface area contributed by atoms with Crippen LogP contribution in [-0.4, -0.2) is 41.8 Å². The Morgan fingerprint density at radius 1 is 1.45 bits per heavy atom. The lowest BCUT2D eigenvalue weighted by molar-refractivity contribution is -0.144. The van der Waals surface area contributed by atoms with E-state index in [4.69, 9.17) is 0 Å². The summed E-state index contributed by atoms with van der Waals surface area (Å²) in [6, 6.07) is 1.85. The molecule has 0 aromatic carbocycles. The largest absolute Gasteiger partial charge is 0.373 e. The van der Waals surface area contributed by atoms with Crippen molar-refractivity contribution in [2.45, 2.75) is 33.1 Å². The van der Waals surface area contributed by atoms with Crippen LogP contribution in [0.4, 0.5) is 11.5 Å². The quantitative estimate of drug-likeness (QED) is 0.836. The maximum absolute atomic E-state index is 12.2. The van der Waals surface area contributed by atoms with Crippen LogP contribution in [0.15, 0.2) is 12.3 Å². The smallest absolute Gasteiger partial charge is 0.313 e. The molecule has 2 rings (SSSR count). The van der Waals surface area contributed by atoms with Crippen LogP contribution < -0.4 is 10.6 Å². The number of nitrogens with zero attached hydrogens (tertiary/aromatic N) is 2. The highest BCUT2D eigenvalue weighted by atomic mass is 16.2. The first-order valence-electron chi connectivity index (χ1n) is 7.82. The van der Waals surface area contributed by atoms with Gasteiger partial charge >= 0.3 is 11.8 Å². The normalized spacial score (nSPS) is 18.0. The minimum absolute atomic E-state index is 0.453. The maximum Gasteiger partial charge on any atom is 0.313 e. The predicted octanol–water partition coefficient (Wildman–Crippen LogP) is 1.88. The van der Waals surface area contributed by atoms with Gasteiger partial charge in [0, 0.05) is 20.1 Å². The Bertz CT molecular complexity index is 559. The first-order chi connectivity index (χ1) is 10.5. The van der Waals surface area contributed by atoms with Crippen LogP contribution in [0, 0.1) is 5.92 Å². The molecule has 1 atom stereocenters. The van der Waals surface area contributed by atoms with Crippen LogP contribution in [0.1, 0.15) is 32.3 Å². The van der Waals surface area contributed by atoms with Crippen molar-refractivity contribution in [1.82, 2.24) is 9.88 Å². The number of likely N-dealkylation sites (tertiary alicyclic amines) is 1. The molecular formula is C16H24N4O2. The number of piperidine rings is 1. The molecule has 0 radical (unpaired) electrons. The summed E-state index contributed by atoms with van der Waals surface area (Å²) in [5.74, 6) is 0.197. The zero-order valence-corrected chi connectivity index (χ0v) is 13.5. The Morgan fingerprint density at radius 3 is 2.86 bits per heavy atom. The molecular weight excluding hydrogens is 280 g/mol. The number of carbonyl (C=O) groups excluding carboxylic acids is 2. The summed E-state index contributed by atoms with van der Waals surface area (Å²) < 4.78 is 0. The van der Waals surface area contributed by atoms with Crippen LogP contribution in [0.3, 0.4) is 0 Å². The van der Waals surface area contributed by atoms with Gasteiger partial charge in [-0.3, -0.25) is 9.59 Å². The molecule has 6 nitrogen and oxygen atoms in total. The van der Waals surface area contributed by atoms with E-state index in [1.807, 2.05) is 13.0 Å². The zero-order chi connectivity index (χ0) is 16.1. The number of rotatable bonds is 3. The van der Waals surface area contributed by atoms with Gasteiger partial charge < -0.3 is 15.5 Å². The number of amides is 2. The molecule has 0 spiro atoms. The van der Waals surface area contributed by atoms with E-state index in [0.29, 0.717) is 24.7 Å². The van der Waals surface area contributed by atoms with Crippen molar-refractivity contribution in [3.63, 3.8) is 0 Å². The molecule has 2 N–H and O–H groups in total. The number of nitrogens with one attached hydrogen (secondary N) is 2. The van der Waals surface area contributed by atoms with Crippen molar-refractivity contribution >= 4 is 23.3 Å².